The SMILES string of the molecule is COc1nc(N[C@H]2CC[C@](C)(O)CC2)nc2[nH]cc(-c3ccc4nnccc4c3)c12. The number of hydrogen-bond donors (Lipinski definition) is 3. The molecule has 154 valence electrons. The molecule has 8 nitrogen and oxygen atoms in total. The fourth-order valence-electron chi connectivity index (χ4n) is 4.16. The molecule has 5 rings (SSSR count). The lowest BCUT2D eigenvalue weighted by atomic mass is 9.84. The highest BCUT2D eigenvalue weighted by atomic mass is 16.5. The Balaban J connectivity index is 1.49. The monoisotopic (exact) mass is 404 g/mol. The highest BCUT2D eigenvalue weighted by Gasteiger charge is 2.29. The highest BCUT2D eigenvalue weighted by Crippen LogP contribution is 2.36. The van der Waals surface area contributed by atoms with Gasteiger partial charge in [-0.15, -0.1) is 0 Å². The van der Waals surface area contributed by atoms with Crippen LogP contribution in [0.4, 0.5) is 5.95 Å². The maximum atomic E-state index is 10.2. The summed E-state index contributed by atoms with van der Waals surface area (Å²) in [6, 6.07) is 8.23. The number of H-pyrrole nitrogens is 1. The fraction of sp³-hybridized carbons (Fsp3) is 0.364. The summed E-state index contributed by atoms with van der Waals surface area (Å²) in [6.45, 7) is 1.90. The minimum absolute atomic E-state index is 0.239. The first-order valence-corrected chi connectivity index (χ1v) is 10.2. The number of ether oxygens (including phenoxy) is 1. The predicted octanol–water partition coefficient (Wildman–Crippen LogP) is 3.68. The zero-order valence-corrected chi connectivity index (χ0v) is 17.0. The zero-order valence-electron chi connectivity index (χ0n) is 17.0. The summed E-state index contributed by atoms with van der Waals surface area (Å²) >= 11 is 0. The quantitative estimate of drug-likeness (QED) is 0.476. The lowest BCUT2D eigenvalue weighted by molar-refractivity contribution is 0.0195. The summed E-state index contributed by atoms with van der Waals surface area (Å²) in [5.41, 5.74) is 3.00. The van der Waals surface area contributed by atoms with E-state index in [0.717, 1.165) is 58.7 Å². The lowest BCUT2D eigenvalue weighted by Gasteiger charge is -2.33. The third-order valence-electron chi connectivity index (χ3n) is 5.91. The van der Waals surface area contributed by atoms with Crippen molar-refractivity contribution in [2.24, 2.45) is 0 Å². The number of methoxy groups -OCH3 is 1. The Kier molecular flexibility index (Phi) is 4.51. The Morgan fingerprint density at radius 1 is 1.20 bits per heavy atom. The second-order valence-corrected chi connectivity index (χ2v) is 8.20. The number of fused-ring (bicyclic) bond motifs is 2. The van der Waals surface area contributed by atoms with Crippen LogP contribution >= 0.6 is 0 Å². The molecular weight excluding hydrogens is 380 g/mol. The molecule has 1 aliphatic carbocycles. The van der Waals surface area contributed by atoms with Crippen LogP contribution in [0.5, 0.6) is 5.88 Å². The molecule has 0 radical (unpaired) electrons. The van der Waals surface area contributed by atoms with Gasteiger partial charge in [-0.25, -0.2) is 0 Å². The Morgan fingerprint density at radius 2 is 2.03 bits per heavy atom. The minimum Gasteiger partial charge on any atom is -0.480 e. The third kappa shape index (κ3) is 3.43. The summed E-state index contributed by atoms with van der Waals surface area (Å²) in [6.07, 6.45) is 6.91. The summed E-state index contributed by atoms with van der Waals surface area (Å²) < 4.78 is 5.62. The molecule has 3 aromatic heterocycles. The molecular formula is C22H24N6O2. The molecule has 4 aromatic rings. The molecule has 3 N–H and O–H groups in total. The van der Waals surface area contributed by atoms with Crippen LogP contribution in [0.3, 0.4) is 0 Å². The van der Waals surface area contributed by atoms with E-state index in [1.165, 1.54) is 0 Å². The Hall–Kier alpha value is -3.26. The molecule has 0 spiro atoms. The van der Waals surface area contributed by atoms with Gasteiger partial charge in [-0.1, -0.05) is 6.07 Å². The van der Waals surface area contributed by atoms with Crippen LogP contribution in [0.2, 0.25) is 0 Å². The van der Waals surface area contributed by atoms with E-state index in [2.05, 4.69) is 36.5 Å². The second kappa shape index (κ2) is 7.21. The smallest absolute Gasteiger partial charge is 0.228 e. The topological polar surface area (TPSA) is 109 Å². The lowest BCUT2D eigenvalue weighted by Crippen LogP contribution is -2.36. The van der Waals surface area contributed by atoms with E-state index in [-0.39, 0.29) is 6.04 Å². The minimum atomic E-state index is -0.569. The molecule has 1 aromatic carbocycles. The van der Waals surface area contributed by atoms with Crippen LogP contribution in [-0.2, 0) is 0 Å². The summed E-state index contributed by atoms with van der Waals surface area (Å²) in [5.74, 6) is 1.06. The number of aromatic amines is 1. The van der Waals surface area contributed by atoms with Gasteiger partial charge in [0.25, 0.3) is 0 Å². The van der Waals surface area contributed by atoms with Gasteiger partial charge < -0.3 is 20.1 Å². The number of nitrogens with zero attached hydrogens (tertiary/aromatic N) is 4. The number of hydrogen-bond acceptors (Lipinski definition) is 7. The van der Waals surface area contributed by atoms with E-state index in [9.17, 15) is 5.11 Å². The molecule has 0 amide bonds. The van der Waals surface area contributed by atoms with E-state index < -0.39 is 5.60 Å². The number of nitrogens with one attached hydrogen (secondary N) is 2. The molecule has 0 bridgehead atoms. The van der Waals surface area contributed by atoms with Crippen molar-refractivity contribution in [3.05, 3.63) is 36.7 Å². The van der Waals surface area contributed by atoms with Crippen molar-refractivity contribution in [3.8, 4) is 17.0 Å². The Morgan fingerprint density at radius 3 is 2.83 bits per heavy atom. The van der Waals surface area contributed by atoms with E-state index in [4.69, 9.17) is 4.74 Å². The van der Waals surface area contributed by atoms with E-state index in [0.29, 0.717) is 11.8 Å². The molecule has 0 atom stereocenters. The first kappa shape index (κ1) is 18.7. The molecule has 0 saturated heterocycles. The zero-order chi connectivity index (χ0) is 20.7. The van der Waals surface area contributed by atoms with E-state index in [1.54, 1.807) is 13.3 Å². The predicted molar refractivity (Wildman–Crippen MR) is 115 cm³/mol. The second-order valence-electron chi connectivity index (χ2n) is 8.20. The number of rotatable bonds is 4. The highest BCUT2D eigenvalue weighted by molar-refractivity contribution is 5.99. The molecule has 30 heavy (non-hydrogen) atoms. The molecule has 0 unspecified atom stereocenters. The molecule has 1 fully saturated rings. The van der Waals surface area contributed by atoms with Crippen molar-refractivity contribution in [1.29, 1.82) is 0 Å². The van der Waals surface area contributed by atoms with Crippen LogP contribution in [0, 0.1) is 0 Å². The largest absolute Gasteiger partial charge is 0.480 e. The van der Waals surface area contributed by atoms with Crippen molar-refractivity contribution in [2.45, 2.75) is 44.2 Å². The van der Waals surface area contributed by atoms with Crippen molar-refractivity contribution in [3.63, 3.8) is 0 Å². The number of benzene rings is 1. The van der Waals surface area contributed by atoms with Crippen molar-refractivity contribution in [2.75, 3.05) is 12.4 Å². The standard InChI is InChI=1S/C22H24N6O2/c1-22(29)8-5-15(6-9-22)25-21-26-19-18(20(27-21)30-2)16(12-23-19)13-3-4-17-14(11-13)7-10-24-28-17/h3-4,7,10-12,15,29H,5-6,8-9H2,1-2H3,(H2,23,25,26,27)/t15-,22-. The number of anilines is 1. The van der Waals surface area contributed by atoms with E-state index in [1.807, 2.05) is 31.3 Å². The molecule has 8 heteroatoms. The molecule has 3 heterocycles. The average Bonchev–Trinajstić information content (AvgIpc) is 3.18. The van der Waals surface area contributed by atoms with Gasteiger partial charge >= 0.3 is 0 Å². The normalized spacial score (nSPS) is 21.8. The average molecular weight is 404 g/mol. The molecule has 0 aliphatic heterocycles. The Labute approximate surface area is 173 Å². The van der Waals surface area contributed by atoms with Crippen LogP contribution in [0.1, 0.15) is 32.6 Å². The maximum absolute atomic E-state index is 10.2. The number of aromatic nitrogens is 5. The Bertz CT molecular complexity index is 1210. The van der Waals surface area contributed by atoms with Gasteiger partial charge in [0.1, 0.15) is 5.65 Å². The van der Waals surface area contributed by atoms with Gasteiger partial charge in [-0.3, -0.25) is 0 Å². The first-order valence-electron chi connectivity index (χ1n) is 10.2. The van der Waals surface area contributed by atoms with Gasteiger partial charge in [-0.2, -0.15) is 20.2 Å². The van der Waals surface area contributed by atoms with Gasteiger partial charge in [-0.05, 0) is 56.4 Å². The maximum Gasteiger partial charge on any atom is 0.228 e. The van der Waals surface area contributed by atoms with Gasteiger partial charge in [0.05, 0.1) is 29.8 Å². The van der Waals surface area contributed by atoms with Crippen LogP contribution in [0.25, 0.3) is 33.1 Å². The molecule has 1 aliphatic rings. The first-order chi connectivity index (χ1) is 14.5. The summed E-state index contributed by atoms with van der Waals surface area (Å²) in [7, 11) is 1.62. The van der Waals surface area contributed by atoms with Gasteiger partial charge in [0, 0.05) is 23.2 Å². The fourth-order valence-corrected chi connectivity index (χ4v) is 4.16. The van der Waals surface area contributed by atoms with Crippen LogP contribution < -0.4 is 10.1 Å². The van der Waals surface area contributed by atoms with E-state index >= 15 is 0 Å². The van der Waals surface area contributed by atoms with Crippen molar-refractivity contribution >= 4 is 27.9 Å². The summed E-state index contributed by atoms with van der Waals surface area (Å²) in [4.78, 5) is 12.6. The molecule has 1 saturated carbocycles. The van der Waals surface area contributed by atoms with Crippen molar-refractivity contribution in [1.82, 2.24) is 25.1 Å². The van der Waals surface area contributed by atoms with Gasteiger partial charge in [0.15, 0.2) is 0 Å². The van der Waals surface area contributed by atoms with Crippen LogP contribution in [0.15, 0.2) is 36.7 Å². The van der Waals surface area contributed by atoms with Gasteiger partial charge in [0.2, 0.25) is 11.8 Å². The number of aliphatic hydroxyl groups is 1. The summed E-state index contributed by atoms with van der Waals surface area (Å²) in [5, 5.41) is 23.5. The van der Waals surface area contributed by atoms with Crippen LogP contribution in [-0.4, -0.2) is 49.0 Å². The van der Waals surface area contributed by atoms with Crippen molar-refractivity contribution < 1.29 is 9.84 Å². The third-order valence-corrected chi connectivity index (χ3v) is 5.91.